The van der Waals surface area contributed by atoms with Gasteiger partial charge in [0.25, 0.3) is 0 Å². The van der Waals surface area contributed by atoms with E-state index in [0.29, 0.717) is 0 Å². The lowest BCUT2D eigenvalue weighted by molar-refractivity contribution is 0.414. The zero-order chi connectivity index (χ0) is 46.4. The molecule has 68 heavy (non-hydrogen) atoms. The summed E-state index contributed by atoms with van der Waals surface area (Å²) in [5.41, 5.74) is 14.2. The summed E-state index contributed by atoms with van der Waals surface area (Å²) < 4.78 is 16.9. The lowest BCUT2D eigenvalue weighted by Gasteiger charge is -2.33. The first-order valence-corrected chi connectivity index (χ1v) is 23.0. The van der Waals surface area contributed by atoms with Crippen LogP contribution < -0.4 is 28.9 Å². The first-order chi connectivity index (χ1) is 33.4. The molecular formula is C62H51N3O3. The fourth-order valence-corrected chi connectivity index (χ4v) is 10.2. The molecule has 0 unspecified atom stereocenters. The second-order valence-electron chi connectivity index (χ2n) is 17.6. The van der Waals surface area contributed by atoms with E-state index in [1.165, 1.54) is 22.3 Å². The molecule has 0 bridgehead atoms. The summed E-state index contributed by atoms with van der Waals surface area (Å²) in [7, 11) is 5.14. The molecule has 0 aliphatic heterocycles. The highest BCUT2D eigenvalue weighted by Gasteiger charge is 2.38. The van der Waals surface area contributed by atoms with Crippen molar-refractivity contribution in [3.63, 3.8) is 0 Å². The third-order valence-electron chi connectivity index (χ3n) is 13.5. The number of para-hydroxylation sites is 3. The Bertz CT molecular complexity index is 3410. The summed E-state index contributed by atoms with van der Waals surface area (Å²) >= 11 is 0. The van der Waals surface area contributed by atoms with Crippen molar-refractivity contribution in [2.45, 2.75) is 19.3 Å². The summed E-state index contributed by atoms with van der Waals surface area (Å²) in [6, 6.07) is 78.0. The van der Waals surface area contributed by atoms with Crippen LogP contribution in [0.15, 0.2) is 218 Å². The zero-order valence-electron chi connectivity index (χ0n) is 38.9. The normalized spacial score (nSPS) is 12.3. The van der Waals surface area contributed by atoms with Gasteiger partial charge in [-0.15, -0.1) is 0 Å². The van der Waals surface area contributed by atoms with Gasteiger partial charge in [-0.25, -0.2) is 0 Å². The summed E-state index contributed by atoms with van der Waals surface area (Å²) in [6.45, 7) is 4.75. The molecule has 10 aromatic rings. The van der Waals surface area contributed by atoms with Gasteiger partial charge in [0, 0.05) is 66.8 Å². The number of rotatable bonds is 12. The maximum absolute atomic E-state index is 5.69. The Labute approximate surface area is 398 Å². The monoisotopic (exact) mass is 885 g/mol. The summed E-state index contributed by atoms with van der Waals surface area (Å²) in [5.74, 6) is 2.43. The molecule has 11 rings (SSSR count). The molecule has 332 valence electrons. The van der Waals surface area contributed by atoms with Crippen molar-refractivity contribution in [2.75, 3.05) is 36.0 Å². The van der Waals surface area contributed by atoms with Crippen molar-refractivity contribution >= 4 is 72.7 Å². The third kappa shape index (κ3) is 7.22. The third-order valence-corrected chi connectivity index (χ3v) is 13.5. The SMILES string of the molecule is COc1ccc(N(c2ccccc2)c2ccc3c(c2)C(C)(C)c2cc4c(N(c5ccccc5)c5ccc(OC)cc5)c5ccccc5c(N(c5ccccc5)c5ccc(OC)cc5)c4cc2-3)cc1. The van der Waals surface area contributed by atoms with Crippen molar-refractivity contribution < 1.29 is 14.2 Å². The molecule has 0 fully saturated rings. The number of benzene rings is 10. The topological polar surface area (TPSA) is 37.4 Å². The lowest BCUT2D eigenvalue weighted by Crippen LogP contribution is -2.17. The van der Waals surface area contributed by atoms with E-state index in [1.54, 1.807) is 21.3 Å². The molecule has 6 heteroatoms. The van der Waals surface area contributed by atoms with Crippen LogP contribution in [-0.4, -0.2) is 21.3 Å². The van der Waals surface area contributed by atoms with Gasteiger partial charge in [-0.2, -0.15) is 0 Å². The predicted octanol–water partition coefficient (Wildman–Crippen LogP) is 16.7. The summed E-state index contributed by atoms with van der Waals surface area (Å²) in [4.78, 5) is 7.16. The minimum absolute atomic E-state index is 0.368. The molecule has 0 N–H and O–H groups in total. The Morgan fingerprint density at radius 1 is 0.294 bits per heavy atom. The Morgan fingerprint density at radius 3 is 1.06 bits per heavy atom. The van der Waals surface area contributed by atoms with Crippen molar-refractivity contribution in [3.05, 3.63) is 230 Å². The molecule has 0 spiro atoms. The predicted molar refractivity (Wildman–Crippen MR) is 283 cm³/mol. The number of hydrogen-bond donors (Lipinski definition) is 0. The number of anilines is 9. The molecule has 1 aliphatic rings. The van der Waals surface area contributed by atoms with Crippen LogP contribution in [0.3, 0.4) is 0 Å². The average Bonchev–Trinajstić information content (AvgIpc) is 3.62. The second kappa shape index (κ2) is 17.4. The van der Waals surface area contributed by atoms with Crippen LogP contribution in [0.5, 0.6) is 17.2 Å². The van der Waals surface area contributed by atoms with Crippen LogP contribution in [-0.2, 0) is 5.41 Å². The van der Waals surface area contributed by atoms with E-state index in [4.69, 9.17) is 14.2 Å². The smallest absolute Gasteiger partial charge is 0.119 e. The van der Waals surface area contributed by atoms with Gasteiger partial charge in [-0.3, -0.25) is 0 Å². The average molecular weight is 886 g/mol. The molecule has 0 aromatic heterocycles. The van der Waals surface area contributed by atoms with Gasteiger partial charge in [-0.1, -0.05) is 98.8 Å². The Balaban J connectivity index is 1.22. The van der Waals surface area contributed by atoms with Crippen molar-refractivity contribution in [1.82, 2.24) is 0 Å². The van der Waals surface area contributed by atoms with Gasteiger partial charge < -0.3 is 28.9 Å². The van der Waals surface area contributed by atoms with Gasteiger partial charge in [0.1, 0.15) is 17.2 Å². The highest BCUT2D eigenvalue weighted by atomic mass is 16.5. The molecule has 0 atom stereocenters. The highest BCUT2D eigenvalue weighted by molar-refractivity contribution is 6.24. The largest absolute Gasteiger partial charge is 0.497 e. The van der Waals surface area contributed by atoms with E-state index in [2.05, 4.69) is 211 Å². The van der Waals surface area contributed by atoms with Crippen LogP contribution in [0.4, 0.5) is 51.2 Å². The van der Waals surface area contributed by atoms with Crippen LogP contribution in [0, 0.1) is 0 Å². The number of hydrogen-bond acceptors (Lipinski definition) is 6. The van der Waals surface area contributed by atoms with E-state index < -0.39 is 0 Å². The van der Waals surface area contributed by atoms with Crippen LogP contribution >= 0.6 is 0 Å². The summed E-state index contributed by atoms with van der Waals surface area (Å²) in [6.07, 6.45) is 0. The quantitative estimate of drug-likeness (QED) is 0.0899. The maximum atomic E-state index is 5.69. The lowest BCUT2D eigenvalue weighted by atomic mass is 9.81. The van der Waals surface area contributed by atoms with E-state index in [0.717, 1.165) is 90.0 Å². The van der Waals surface area contributed by atoms with Crippen LogP contribution in [0.1, 0.15) is 25.0 Å². The first kappa shape index (κ1) is 42.2. The summed E-state index contributed by atoms with van der Waals surface area (Å²) in [5, 5.41) is 4.51. The number of fused-ring (bicyclic) bond motifs is 5. The van der Waals surface area contributed by atoms with E-state index >= 15 is 0 Å². The standard InChI is InChI=1S/C62H51N3O3/c1-62(2)58-39-48(63(42-17-9-6-10-18-42)45-25-32-49(66-3)33-26-45)31-38-52(58)55-40-56-57(41-59(55)62)61(65(44-21-13-8-14-22-44)47-29-36-51(68-5)37-30-47)54-24-16-15-23-53(54)60(56)64(43-19-11-7-12-20-43)46-27-34-50(67-4)35-28-46/h6-41H,1-5H3. The van der Waals surface area contributed by atoms with Crippen LogP contribution in [0.25, 0.3) is 32.7 Å². The maximum Gasteiger partial charge on any atom is 0.119 e. The first-order valence-electron chi connectivity index (χ1n) is 23.0. The molecular weight excluding hydrogens is 835 g/mol. The van der Waals surface area contributed by atoms with Crippen molar-refractivity contribution in [2.24, 2.45) is 0 Å². The minimum atomic E-state index is -0.368. The molecule has 10 aromatic carbocycles. The van der Waals surface area contributed by atoms with E-state index in [-0.39, 0.29) is 5.41 Å². The Morgan fingerprint density at radius 2 is 0.632 bits per heavy atom. The minimum Gasteiger partial charge on any atom is -0.497 e. The van der Waals surface area contributed by atoms with Gasteiger partial charge in [0.05, 0.1) is 32.7 Å². The van der Waals surface area contributed by atoms with E-state index in [1.807, 2.05) is 36.4 Å². The van der Waals surface area contributed by atoms with Gasteiger partial charge >= 0.3 is 0 Å². The van der Waals surface area contributed by atoms with Gasteiger partial charge in [0.2, 0.25) is 0 Å². The highest BCUT2D eigenvalue weighted by Crippen LogP contribution is 2.57. The molecule has 0 heterocycles. The Kier molecular flexibility index (Phi) is 10.8. The second-order valence-corrected chi connectivity index (χ2v) is 17.6. The van der Waals surface area contributed by atoms with Crippen molar-refractivity contribution in [3.8, 4) is 28.4 Å². The Hall–Kier alpha value is -8.48. The van der Waals surface area contributed by atoms with Crippen LogP contribution in [0.2, 0.25) is 0 Å². The number of nitrogens with zero attached hydrogens (tertiary/aromatic N) is 3. The number of methoxy groups -OCH3 is 3. The molecule has 0 radical (unpaired) electrons. The molecule has 0 amide bonds. The fraction of sp³-hybridized carbons (Fsp3) is 0.0968. The molecule has 1 aliphatic carbocycles. The zero-order valence-corrected chi connectivity index (χ0v) is 38.9. The van der Waals surface area contributed by atoms with Gasteiger partial charge in [-0.05, 0) is 156 Å². The van der Waals surface area contributed by atoms with E-state index in [9.17, 15) is 0 Å². The number of ether oxygens (including phenoxy) is 3. The molecule has 0 saturated carbocycles. The fourth-order valence-electron chi connectivity index (χ4n) is 10.2. The molecule has 0 saturated heterocycles. The van der Waals surface area contributed by atoms with Gasteiger partial charge in [0.15, 0.2) is 0 Å². The molecule has 6 nitrogen and oxygen atoms in total. The van der Waals surface area contributed by atoms with Crippen molar-refractivity contribution in [1.29, 1.82) is 0 Å².